The van der Waals surface area contributed by atoms with Crippen LogP contribution in [-0.4, -0.2) is 69.0 Å². The maximum Gasteiger partial charge on any atom is 0.315 e. The van der Waals surface area contributed by atoms with E-state index < -0.39 is 35.3 Å². The van der Waals surface area contributed by atoms with Crippen LogP contribution in [-0.2, 0) is 31.6 Å². The number of amides is 4. The topological polar surface area (TPSA) is 121 Å². The first-order valence-electron chi connectivity index (χ1n) is 13.1. The number of benzene rings is 2. The highest BCUT2D eigenvalue weighted by atomic mass is 16.2. The molecule has 11 nitrogen and oxygen atoms in total. The van der Waals surface area contributed by atoms with Crippen molar-refractivity contribution in [2.75, 3.05) is 24.2 Å². The van der Waals surface area contributed by atoms with Crippen LogP contribution in [0, 0.1) is 12.5 Å². The molecule has 4 amide bonds. The van der Waals surface area contributed by atoms with Gasteiger partial charge in [0.05, 0.1) is 11.9 Å². The van der Waals surface area contributed by atoms with Crippen LogP contribution in [0.3, 0.4) is 0 Å². The van der Waals surface area contributed by atoms with Gasteiger partial charge in [-0.3, -0.25) is 33.6 Å². The molecule has 0 saturated carbocycles. The van der Waals surface area contributed by atoms with Crippen molar-refractivity contribution >= 4 is 46.0 Å². The molecule has 3 heterocycles. The molecule has 2 aromatic carbocycles. The molecule has 2 N–H and O–H groups in total. The number of hydrogen-bond acceptors (Lipinski definition) is 5. The van der Waals surface area contributed by atoms with Crippen LogP contribution in [0.5, 0.6) is 0 Å². The Balaban J connectivity index is 1.39. The van der Waals surface area contributed by atoms with Gasteiger partial charge in [0.1, 0.15) is 11.5 Å². The number of fused-ring (bicyclic) bond motifs is 3. The molecule has 1 aromatic heterocycles. The molecule has 11 heteroatoms. The highest BCUT2D eigenvalue weighted by molar-refractivity contribution is 6.40. The summed E-state index contributed by atoms with van der Waals surface area (Å²) in [5, 5.41) is 10.5. The number of carbonyl (C=O) groups is 4. The zero-order chi connectivity index (χ0) is 28.8. The lowest BCUT2D eigenvalue weighted by Crippen LogP contribution is -2.53. The largest absolute Gasteiger partial charge is 0.325 e. The second-order valence-electron chi connectivity index (χ2n) is 10.9. The zero-order valence-corrected chi connectivity index (χ0v) is 22.8. The average Bonchev–Trinajstić information content (AvgIpc) is 3.58. The second kappa shape index (κ2) is 10.1. The van der Waals surface area contributed by atoms with E-state index in [1.54, 1.807) is 23.9 Å². The Hall–Kier alpha value is -4.72. The van der Waals surface area contributed by atoms with Crippen molar-refractivity contribution in [3.05, 3.63) is 65.5 Å². The number of anilines is 2. The van der Waals surface area contributed by atoms with E-state index in [9.17, 15) is 19.2 Å². The number of para-hydroxylation sites is 2. The van der Waals surface area contributed by atoms with Crippen molar-refractivity contribution in [1.29, 1.82) is 0 Å². The lowest BCUT2D eigenvalue weighted by atomic mass is 9.80. The molecule has 2 aliphatic rings. The van der Waals surface area contributed by atoms with Crippen LogP contribution < -0.4 is 10.6 Å². The average molecular weight is 542 g/mol. The Bertz CT molecular complexity index is 1570. The summed E-state index contributed by atoms with van der Waals surface area (Å²) in [7, 11) is 3.16. The Morgan fingerprint density at radius 3 is 2.62 bits per heavy atom. The monoisotopic (exact) mass is 541 g/mol. The molecule has 1 fully saturated rings. The summed E-state index contributed by atoms with van der Waals surface area (Å²) < 4.78 is 1.61. The van der Waals surface area contributed by atoms with Gasteiger partial charge < -0.3 is 15.5 Å². The lowest BCUT2D eigenvalue weighted by molar-refractivity contribution is -0.149. The molecule has 3 atom stereocenters. The number of nitrogens with one attached hydrogen (secondary N) is 2. The maximum atomic E-state index is 14.0. The van der Waals surface area contributed by atoms with E-state index in [4.69, 9.17) is 6.57 Å². The summed E-state index contributed by atoms with van der Waals surface area (Å²) in [6.45, 7) is 11.6. The Morgan fingerprint density at radius 2 is 1.90 bits per heavy atom. The minimum absolute atomic E-state index is 0.00505. The van der Waals surface area contributed by atoms with E-state index in [2.05, 4.69) is 20.6 Å². The number of likely N-dealkylation sites (N-methyl/N-ethyl adjacent to an activating group) is 1. The van der Waals surface area contributed by atoms with Gasteiger partial charge in [-0.15, -0.1) is 0 Å². The number of aromatic nitrogens is 2. The van der Waals surface area contributed by atoms with Gasteiger partial charge in [-0.05, 0) is 36.1 Å². The summed E-state index contributed by atoms with van der Waals surface area (Å²) in [4.78, 5) is 59.8. The molecular weight excluding hydrogens is 510 g/mol. The molecule has 1 saturated heterocycles. The Kier molecular flexibility index (Phi) is 6.79. The Labute approximate surface area is 231 Å². The smallest absolute Gasteiger partial charge is 0.315 e. The SMILES string of the molecule is [C-]#[N+][C@@H]1C[C@@]2(CN1C(=O)[C@H](CC(C)C)N(C)C(=O)C(=O)Nc1nn(C)c3ccccc13)C(=O)Nc1ccccc12. The highest BCUT2D eigenvalue weighted by Crippen LogP contribution is 2.47. The molecule has 0 unspecified atom stereocenters. The van der Waals surface area contributed by atoms with Crippen LogP contribution in [0.25, 0.3) is 15.7 Å². The van der Waals surface area contributed by atoms with Gasteiger partial charge in [0, 0.05) is 31.7 Å². The van der Waals surface area contributed by atoms with Crippen LogP contribution in [0.4, 0.5) is 11.5 Å². The van der Waals surface area contributed by atoms with Crippen molar-refractivity contribution < 1.29 is 19.2 Å². The molecule has 0 aliphatic carbocycles. The van der Waals surface area contributed by atoms with Crippen molar-refractivity contribution in [3.63, 3.8) is 0 Å². The van der Waals surface area contributed by atoms with Gasteiger partial charge in [-0.1, -0.05) is 44.2 Å². The van der Waals surface area contributed by atoms with E-state index in [0.717, 1.165) is 16.0 Å². The van der Waals surface area contributed by atoms with E-state index in [1.165, 1.54) is 11.9 Å². The summed E-state index contributed by atoms with van der Waals surface area (Å²) in [5.74, 6) is -2.27. The number of likely N-dealkylation sites (tertiary alicyclic amines) is 1. The van der Waals surface area contributed by atoms with E-state index in [1.807, 2.05) is 50.2 Å². The van der Waals surface area contributed by atoms with Gasteiger partial charge in [0.25, 0.3) is 5.91 Å². The summed E-state index contributed by atoms with van der Waals surface area (Å²) >= 11 is 0. The van der Waals surface area contributed by atoms with Gasteiger partial charge in [-0.25, -0.2) is 6.57 Å². The summed E-state index contributed by atoms with van der Waals surface area (Å²) in [6, 6.07) is 13.6. The first-order chi connectivity index (χ1) is 19.1. The highest BCUT2D eigenvalue weighted by Gasteiger charge is 2.59. The molecule has 40 heavy (non-hydrogen) atoms. The van der Waals surface area contributed by atoms with E-state index >= 15 is 0 Å². The fraction of sp³-hybridized carbons (Fsp3) is 0.379. The van der Waals surface area contributed by atoms with Crippen molar-refractivity contribution in [1.82, 2.24) is 19.6 Å². The van der Waals surface area contributed by atoms with Crippen LogP contribution >= 0.6 is 0 Å². The van der Waals surface area contributed by atoms with Crippen molar-refractivity contribution in [2.45, 2.75) is 44.3 Å². The zero-order valence-electron chi connectivity index (χ0n) is 22.8. The fourth-order valence-corrected chi connectivity index (χ4v) is 5.79. The fourth-order valence-electron chi connectivity index (χ4n) is 5.79. The van der Waals surface area contributed by atoms with Gasteiger partial charge in [-0.2, -0.15) is 5.10 Å². The minimum Gasteiger partial charge on any atom is -0.325 e. The van der Waals surface area contributed by atoms with Gasteiger partial charge in [0.15, 0.2) is 5.82 Å². The minimum atomic E-state index is -1.04. The molecular formula is C29H31N7O4. The first-order valence-corrected chi connectivity index (χ1v) is 13.1. The quantitative estimate of drug-likeness (QED) is 0.380. The van der Waals surface area contributed by atoms with Crippen molar-refractivity contribution in [2.24, 2.45) is 13.0 Å². The number of nitrogens with zero attached hydrogens (tertiary/aromatic N) is 5. The van der Waals surface area contributed by atoms with E-state index in [0.29, 0.717) is 11.1 Å². The summed E-state index contributed by atoms with van der Waals surface area (Å²) in [6.07, 6.45) is -0.446. The molecule has 0 radical (unpaired) electrons. The lowest BCUT2D eigenvalue weighted by Gasteiger charge is -2.31. The normalized spacial score (nSPS) is 20.4. The number of carbonyl (C=O) groups excluding carboxylic acids is 4. The molecule has 206 valence electrons. The van der Waals surface area contributed by atoms with Gasteiger partial charge >= 0.3 is 18.0 Å². The third-order valence-electron chi connectivity index (χ3n) is 7.84. The maximum absolute atomic E-state index is 14.0. The molecule has 5 rings (SSSR count). The van der Waals surface area contributed by atoms with Crippen molar-refractivity contribution in [3.8, 4) is 0 Å². The number of hydrogen-bond donors (Lipinski definition) is 2. The molecule has 1 spiro atoms. The predicted octanol–water partition coefficient (Wildman–Crippen LogP) is 2.75. The molecule has 2 aliphatic heterocycles. The second-order valence-corrected chi connectivity index (χ2v) is 10.9. The van der Waals surface area contributed by atoms with Crippen LogP contribution in [0.1, 0.15) is 32.3 Å². The van der Waals surface area contributed by atoms with Crippen LogP contribution in [0.2, 0.25) is 0 Å². The standard InChI is InChI=1S/C29H31N7O4/c1-17(2)14-22(34(4)27(39)25(37)32-24-18-10-6-9-13-21(18)35(5)33-24)26(38)36-16-29(15-23(36)30-3)19-11-7-8-12-20(19)31-28(29)40/h6-13,17,22-23H,14-16H2,1-2,4-5H3,(H,31,40)(H,32,33,37)/t22-,23-,29-/m0/s1. The molecule has 0 bridgehead atoms. The summed E-state index contributed by atoms with van der Waals surface area (Å²) in [5.41, 5.74) is 1.19. The van der Waals surface area contributed by atoms with Gasteiger partial charge in [0.2, 0.25) is 5.91 Å². The first kappa shape index (κ1) is 26.9. The number of rotatable bonds is 5. The number of aryl methyl sites for hydroxylation is 1. The Morgan fingerprint density at radius 1 is 1.20 bits per heavy atom. The molecule has 3 aromatic rings. The predicted molar refractivity (Wildman–Crippen MR) is 149 cm³/mol. The van der Waals surface area contributed by atoms with E-state index in [-0.39, 0.29) is 37.0 Å². The third-order valence-corrected chi connectivity index (χ3v) is 7.84. The van der Waals surface area contributed by atoms with Crippen LogP contribution in [0.15, 0.2) is 48.5 Å². The third kappa shape index (κ3) is 4.35.